The number of aromatic nitrogens is 2. The van der Waals surface area contributed by atoms with Crippen molar-refractivity contribution >= 4 is 29.4 Å². The number of hydrogen-bond donors (Lipinski definition) is 2. The van der Waals surface area contributed by atoms with E-state index in [1.165, 1.54) is 11.8 Å². The Balaban J connectivity index is 1.85. The largest absolute Gasteiger partial charge is 0.408 e. The molecule has 0 aliphatic heterocycles. The fourth-order valence-corrected chi connectivity index (χ4v) is 2.02. The average Bonchev–Trinajstić information content (AvgIpc) is 2.72. The van der Waals surface area contributed by atoms with Gasteiger partial charge >= 0.3 is 6.01 Å². The zero-order valence-electron chi connectivity index (χ0n) is 9.71. The number of benzene rings is 1. The normalized spacial score (nSPS) is 10.3. The molecule has 2 rings (SSSR count). The van der Waals surface area contributed by atoms with E-state index in [9.17, 15) is 4.79 Å². The van der Waals surface area contributed by atoms with E-state index in [1.807, 2.05) is 18.2 Å². The summed E-state index contributed by atoms with van der Waals surface area (Å²) in [6.45, 7) is 1.66. The lowest BCUT2D eigenvalue weighted by Crippen LogP contribution is -2.14. The molecule has 6 nitrogen and oxygen atoms in total. The second kappa shape index (κ2) is 5.54. The van der Waals surface area contributed by atoms with Crippen molar-refractivity contribution in [2.75, 3.05) is 16.8 Å². The van der Waals surface area contributed by atoms with E-state index in [-0.39, 0.29) is 17.7 Å². The highest BCUT2D eigenvalue weighted by Crippen LogP contribution is 2.20. The summed E-state index contributed by atoms with van der Waals surface area (Å²) >= 11 is 1.39. The van der Waals surface area contributed by atoms with E-state index in [4.69, 9.17) is 10.2 Å². The van der Waals surface area contributed by atoms with E-state index in [0.29, 0.717) is 11.6 Å². The van der Waals surface area contributed by atoms with Crippen molar-refractivity contribution in [3.8, 4) is 0 Å². The first-order chi connectivity index (χ1) is 8.63. The van der Waals surface area contributed by atoms with Crippen LogP contribution in [-0.4, -0.2) is 21.9 Å². The zero-order chi connectivity index (χ0) is 13.0. The summed E-state index contributed by atoms with van der Waals surface area (Å²) in [6.07, 6.45) is 0. The second-order valence-electron chi connectivity index (χ2n) is 3.54. The van der Waals surface area contributed by atoms with E-state index < -0.39 is 0 Å². The molecule has 0 fully saturated rings. The molecule has 1 aromatic heterocycles. The van der Waals surface area contributed by atoms with Gasteiger partial charge in [0.2, 0.25) is 11.8 Å². The van der Waals surface area contributed by atoms with Gasteiger partial charge in [-0.05, 0) is 18.2 Å². The Hall–Kier alpha value is -2.02. The maximum absolute atomic E-state index is 11.6. The first kappa shape index (κ1) is 12.4. The summed E-state index contributed by atoms with van der Waals surface area (Å²) in [5, 5.41) is 9.81. The molecule has 0 aliphatic rings. The van der Waals surface area contributed by atoms with E-state index in [2.05, 4.69) is 15.5 Å². The summed E-state index contributed by atoms with van der Waals surface area (Å²) in [5.41, 5.74) is 6.32. The lowest BCUT2D eigenvalue weighted by molar-refractivity contribution is -0.113. The summed E-state index contributed by atoms with van der Waals surface area (Å²) in [6, 6.07) is 7.47. The number of hydrogen-bond acceptors (Lipinski definition) is 6. The van der Waals surface area contributed by atoms with Crippen LogP contribution in [0.2, 0.25) is 0 Å². The molecule has 0 bridgehead atoms. The number of amides is 1. The Labute approximate surface area is 108 Å². The van der Waals surface area contributed by atoms with Gasteiger partial charge < -0.3 is 10.2 Å². The Bertz CT molecular complexity index is 555. The molecule has 0 radical (unpaired) electrons. The van der Waals surface area contributed by atoms with Crippen molar-refractivity contribution in [3.05, 3.63) is 30.2 Å². The molecule has 0 spiro atoms. The van der Waals surface area contributed by atoms with Crippen molar-refractivity contribution in [2.45, 2.75) is 11.8 Å². The van der Waals surface area contributed by atoms with E-state index >= 15 is 0 Å². The Morgan fingerprint density at radius 3 is 3.00 bits per heavy atom. The van der Waals surface area contributed by atoms with Crippen molar-refractivity contribution < 1.29 is 9.21 Å². The molecule has 0 unspecified atom stereocenters. The lowest BCUT2D eigenvalue weighted by Gasteiger charge is -2.02. The van der Waals surface area contributed by atoms with Crippen LogP contribution in [0.1, 0.15) is 5.89 Å². The third kappa shape index (κ3) is 3.49. The fourth-order valence-electron chi connectivity index (χ4n) is 1.26. The topological polar surface area (TPSA) is 94.0 Å². The van der Waals surface area contributed by atoms with Crippen LogP contribution in [0.5, 0.6) is 0 Å². The number of aryl methyl sites for hydroxylation is 1. The predicted octanol–water partition coefficient (Wildman–Crippen LogP) is 1.69. The van der Waals surface area contributed by atoms with Gasteiger partial charge in [0.1, 0.15) is 0 Å². The number of nitrogens with zero attached hydrogens (tertiary/aromatic N) is 2. The minimum atomic E-state index is -0.203. The standard InChI is InChI=1S/C11H12N4O2S/c1-7-14-15-11(17-7)13-10(16)6-18-9-4-2-3-8(12)5-9/h2-5H,6,12H2,1H3,(H,13,15,16). The van der Waals surface area contributed by atoms with E-state index in [1.54, 1.807) is 13.0 Å². The van der Waals surface area contributed by atoms with Crippen molar-refractivity contribution in [1.82, 2.24) is 10.2 Å². The van der Waals surface area contributed by atoms with Crippen LogP contribution in [0.3, 0.4) is 0 Å². The number of rotatable bonds is 4. The molecule has 0 saturated heterocycles. The number of nitrogen functional groups attached to an aromatic ring is 1. The van der Waals surface area contributed by atoms with Crippen molar-refractivity contribution in [1.29, 1.82) is 0 Å². The van der Waals surface area contributed by atoms with E-state index in [0.717, 1.165) is 4.90 Å². The second-order valence-corrected chi connectivity index (χ2v) is 4.58. The van der Waals surface area contributed by atoms with Gasteiger partial charge in [0.05, 0.1) is 5.75 Å². The summed E-state index contributed by atoms with van der Waals surface area (Å²) in [4.78, 5) is 12.5. The first-order valence-electron chi connectivity index (χ1n) is 5.22. The molecule has 18 heavy (non-hydrogen) atoms. The van der Waals surface area contributed by atoms with Crippen LogP contribution in [0.15, 0.2) is 33.6 Å². The molecule has 1 aromatic carbocycles. The molecular formula is C11H12N4O2S. The van der Waals surface area contributed by atoms with Crippen LogP contribution in [0.4, 0.5) is 11.7 Å². The van der Waals surface area contributed by atoms with Gasteiger partial charge in [-0.25, -0.2) is 0 Å². The third-order valence-corrected chi connectivity index (χ3v) is 2.99. The maximum atomic E-state index is 11.6. The summed E-state index contributed by atoms with van der Waals surface area (Å²) in [5.74, 6) is 0.463. The average molecular weight is 264 g/mol. The highest BCUT2D eigenvalue weighted by molar-refractivity contribution is 8.00. The Morgan fingerprint density at radius 1 is 1.50 bits per heavy atom. The van der Waals surface area contributed by atoms with Gasteiger partial charge in [0, 0.05) is 17.5 Å². The summed E-state index contributed by atoms with van der Waals surface area (Å²) < 4.78 is 5.04. The molecule has 0 aliphatic carbocycles. The van der Waals surface area contributed by atoms with Crippen LogP contribution in [0.25, 0.3) is 0 Å². The minimum Gasteiger partial charge on any atom is -0.408 e. The van der Waals surface area contributed by atoms with Gasteiger partial charge in [-0.1, -0.05) is 11.2 Å². The third-order valence-electron chi connectivity index (χ3n) is 2.00. The molecule has 7 heteroatoms. The Morgan fingerprint density at radius 2 is 2.33 bits per heavy atom. The van der Waals surface area contributed by atoms with Crippen LogP contribution in [-0.2, 0) is 4.79 Å². The molecule has 2 aromatic rings. The first-order valence-corrected chi connectivity index (χ1v) is 6.20. The molecular weight excluding hydrogens is 252 g/mol. The fraction of sp³-hybridized carbons (Fsp3) is 0.182. The molecule has 94 valence electrons. The monoisotopic (exact) mass is 264 g/mol. The smallest absolute Gasteiger partial charge is 0.322 e. The van der Waals surface area contributed by atoms with Gasteiger partial charge in [0.25, 0.3) is 0 Å². The highest BCUT2D eigenvalue weighted by Gasteiger charge is 2.08. The molecule has 3 N–H and O–H groups in total. The highest BCUT2D eigenvalue weighted by atomic mass is 32.2. The number of anilines is 2. The summed E-state index contributed by atoms with van der Waals surface area (Å²) in [7, 11) is 0. The molecule has 0 saturated carbocycles. The Kier molecular flexibility index (Phi) is 3.83. The molecule has 1 amide bonds. The van der Waals surface area contributed by atoms with Crippen molar-refractivity contribution in [2.24, 2.45) is 0 Å². The number of thioether (sulfide) groups is 1. The van der Waals surface area contributed by atoms with Gasteiger partial charge in [-0.15, -0.1) is 16.9 Å². The van der Waals surface area contributed by atoms with Gasteiger partial charge in [0.15, 0.2) is 0 Å². The number of carbonyl (C=O) groups is 1. The lowest BCUT2D eigenvalue weighted by atomic mass is 10.3. The number of nitrogens with two attached hydrogens (primary N) is 1. The van der Waals surface area contributed by atoms with Crippen molar-refractivity contribution in [3.63, 3.8) is 0 Å². The van der Waals surface area contributed by atoms with Crippen LogP contribution < -0.4 is 11.1 Å². The van der Waals surface area contributed by atoms with Gasteiger partial charge in [-0.2, -0.15) is 0 Å². The number of carbonyl (C=O) groups excluding carboxylic acids is 1. The predicted molar refractivity (Wildman–Crippen MR) is 69.2 cm³/mol. The maximum Gasteiger partial charge on any atom is 0.322 e. The van der Waals surface area contributed by atoms with Gasteiger partial charge in [-0.3, -0.25) is 10.1 Å². The molecule has 0 atom stereocenters. The number of nitrogens with one attached hydrogen (secondary N) is 1. The molecule has 1 heterocycles. The quantitative estimate of drug-likeness (QED) is 0.644. The van der Waals surface area contributed by atoms with Crippen LogP contribution >= 0.6 is 11.8 Å². The SMILES string of the molecule is Cc1nnc(NC(=O)CSc2cccc(N)c2)o1. The zero-order valence-corrected chi connectivity index (χ0v) is 10.5. The minimum absolute atomic E-state index is 0.116. The van der Waals surface area contributed by atoms with Crippen LogP contribution in [0, 0.1) is 6.92 Å².